The minimum atomic E-state index is -0.133. The maximum absolute atomic E-state index is 12.4. The maximum atomic E-state index is 12.4. The van der Waals surface area contributed by atoms with Gasteiger partial charge in [-0.2, -0.15) is 5.10 Å². The van der Waals surface area contributed by atoms with Crippen LogP contribution in [-0.2, 0) is 13.6 Å². The van der Waals surface area contributed by atoms with E-state index in [0.29, 0.717) is 23.6 Å². The van der Waals surface area contributed by atoms with Gasteiger partial charge in [0, 0.05) is 25.2 Å². The molecule has 7 heteroatoms. The van der Waals surface area contributed by atoms with Crippen LogP contribution < -0.4 is 5.73 Å². The number of hydrogen-bond donors (Lipinski definition) is 1. The first-order valence-electron chi connectivity index (χ1n) is 5.86. The standard InChI is InChI=1S/C12H17N5OS/c1-7-10(13)11(17(4)15-7)12(18)16(3)6-9-5-14-8(2)19-9/h5H,6,13H2,1-4H3. The summed E-state index contributed by atoms with van der Waals surface area (Å²) in [5.41, 5.74) is 7.45. The molecule has 0 atom stereocenters. The van der Waals surface area contributed by atoms with E-state index in [4.69, 9.17) is 5.73 Å². The molecular formula is C12H17N5OS. The zero-order chi connectivity index (χ0) is 14.2. The van der Waals surface area contributed by atoms with E-state index < -0.39 is 0 Å². The summed E-state index contributed by atoms with van der Waals surface area (Å²) in [4.78, 5) is 19.2. The van der Waals surface area contributed by atoms with E-state index >= 15 is 0 Å². The number of nitrogens with two attached hydrogens (primary N) is 1. The Bertz CT molecular complexity index is 616. The van der Waals surface area contributed by atoms with Gasteiger partial charge in [0.15, 0.2) is 0 Å². The number of hydrogen-bond acceptors (Lipinski definition) is 5. The smallest absolute Gasteiger partial charge is 0.274 e. The average molecular weight is 279 g/mol. The van der Waals surface area contributed by atoms with E-state index in [9.17, 15) is 4.79 Å². The van der Waals surface area contributed by atoms with E-state index in [-0.39, 0.29) is 5.91 Å². The molecule has 2 heterocycles. The fourth-order valence-corrected chi connectivity index (χ4v) is 2.74. The van der Waals surface area contributed by atoms with Gasteiger partial charge in [0.1, 0.15) is 5.69 Å². The highest BCUT2D eigenvalue weighted by Gasteiger charge is 2.21. The van der Waals surface area contributed by atoms with E-state index in [1.54, 1.807) is 43.5 Å². The number of amides is 1. The SMILES string of the molecule is Cc1ncc(CN(C)C(=O)c2c(N)c(C)nn2C)s1. The van der Waals surface area contributed by atoms with Gasteiger partial charge >= 0.3 is 0 Å². The van der Waals surface area contributed by atoms with Crippen molar-refractivity contribution in [2.24, 2.45) is 7.05 Å². The minimum absolute atomic E-state index is 0.133. The predicted molar refractivity (Wildman–Crippen MR) is 75.0 cm³/mol. The fraction of sp³-hybridized carbons (Fsp3) is 0.417. The van der Waals surface area contributed by atoms with Crippen molar-refractivity contribution >= 4 is 22.9 Å². The normalized spacial score (nSPS) is 10.7. The molecule has 2 N–H and O–H groups in total. The van der Waals surface area contributed by atoms with Crippen molar-refractivity contribution in [3.05, 3.63) is 27.5 Å². The maximum Gasteiger partial charge on any atom is 0.274 e. The Morgan fingerprint density at radius 2 is 2.21 bits per heavy atom. The van der Waals surface area contributed by atoms with Gasteiger partial charge < -0.3 is 10.6 Å². The zero-order valence-corrected chi connectivity index (χ0v) is 12.3. The van der Waals surface area contributed by atoms with Crippen molar-refractivity contribution in [3.8, 4) is 0 Å². The molecular weight excluding hydrogens is 262 g/mol. The number of rotatable bonds is 3. The number of carbonyl (C=O) groups excluding carboxylic acids is 1. The molecule has 19 heavy (non-hydrogen) atoms. The van der Waals surface area contributed by atoms with Gasteiger partial charge in [0.05, 0.1) is 22.9 Å². The number of anilines is 1. The lowest BCUT2D eigenvalue weighted by Gasteiger charge is -2.16. The van der Waals surface area contributed by atoms with Crippen molar-refractivity contribution in [1.29, 1.82) is 0 Å². The van der Waals surface area contributed by atoms with Gasteiger partial charge in [-0.25, -0.2) is 4.98 Å². The molecule has 0 radical (unpaired) electrons. The highest BCUT2D eigenvalue weighted by molar-refractivity contribution is 7.11. The third kappa shape index (κ3) is 2.60. The highest BCUT2D eigenvalue weighted by Crippen LogP contribution is 2.19. The van der Waals surface area contributed by atoms with Crippen LogP contribution in [0.3, 0.4) is 0 Å². The molecule has 0 aliphatic rings. The largest absolute Gasteiger partial charge is 0.395 e. The van der Waals surface area contributed by atoms with Crippen molar-refractivity contribution in [2.45, 2.75) is 20.4 Å². The molecule has 0 bridgehead atoms. The Morgan fingerprint density at radius 1 is 1.53 bits per heavy atom. The second-order valence-corrected chi connectivity index (χ2v) is 5.80. The Balaban J connectivity index is 2.19. The summed E-state index contributed by atoms with van der Waals surface area (Å²) < 4.78 is 1.53. The number of thiazole rings is 1. The zero-order valence-electron chi connectivity index (χ0n) is 11.5. The summed E-state index contributed by atoms with van der Waals surface area (Å²) in [5, 5.41) is 5.15. The summed E-state index contributed by atoms with van der Waals surface area (Å²) in [6.45, 7) is 4.26. The van der Waals surface area contributed by atoms with Crippen LogP contribution in [-0.4, -0.2) is 32.6 Å². The first-order chi connectivity index (χ1) is 8.90. The molecule has 0 aromatic carbocycles. The summed E-state index contributed by atoms with van der Waals surface area (Å²) in [6.07, 6.45) is 1.79. The Kier molecular flexibility index (Phi) is 3.57. The van der Waals surface area contributed by atoms with Crippen LogP contribution in [0.15, 0.2) is 6.20 Å². The van der Waals surface area contributed by atoms with Crippen molar-refractivity contribution in [2.75, 3.05) is 12.8 Å². The predicted octanol–water partition coefficient (Wildman–Crippen LogP) is 1.35. The monoisotopic (exact) mass is 279 g/mol. The molecule has 0 fully saturated rings. The van der Waals surface area contributed by atoms with Crippen molar-refractivity contribution in [3.63, 3.8) is 0 Å². The van der Waals surface area contributed by atoms with Crippen LogP contribution in [0.4, 0.5) is 5.69 Å². The average Bonchev–Trinajstić information content (AvgIpc) is 2.84. The molecule has 0 aliphatic heterocycles. The number of aryl methyl sites for hydroxylation is 3. The van der Waals surface area contributed by atoms with Gasteiger partial charge in [0.25, 0.3) is 5.91 Å². The van der Waals surface area contributed by atoms with E-state index in [0.717, 1.165) is 9.88 Å². The molecule has 0 saturated carbocycles. The van der Waals surface area contributed by atoms with E-state index in [1.165, 1.54) is 4.68 Å². The second kappa shape index (κ2) is 5.00. The lowest BCUT2D eigenvalue weighted by molar-refractivity contribution is 0.0776. The Hall–Kier alpha value is -1.89. The topological polar surface area (TPSA) is 77.0 Å². The Morgan fingerprint density at radius 3 is 2.68 bits per heavy atom. The quantitative estimate of drug-likeness (QED) is 0.920. The molecule has 102 valence electrons. The fourth-order valence-electron chi connectivity index (χ4n) is 1.89. The second-order valence-electron chi connectivity index (χ2n) is 4.48. The summed E-state index contributed by atoms with van der Waals surface area (Å²) >= 11 is 1.58. The third-order valence-corrected chi connectivity index (χ3v) is 3.78. The molecule has 0 saturated heterocycles. The highest BCUT2D eigenvalue weighted by atomic mass is 32.1. The van der Waals surface area contributed by atoms with Gasteiger partial charge in [-0.1, -0.05) is 0 Å². The number of nitrogens with zero attached hydrogens (tertiary/aromatic N) is 4. The summed E-state index contributed by atoms with van der Waals surface area (Å²) in [5.74, 6) is -0.133. The van der Waals surface area contributed by atoms with Gasteiger partial charge in [0.2, 0.25) is 0 Å². The molecule has 2 aromatic rings. The lowest BCUT2D eigenvalue weighted by atomic mass is 10.2. The number of nitrogen functional groups attached to an aromatic ring is 1. The number of carbonyl (C=O) groups is 1. The van der Waals surface area contributed by atoms with Gasteiger partial charge in [-0.05, 0) is 13.8 Å². The molecule has 0 unspecified atom stereocenters. The van der Waals surface area contributed by atoms with E-state index in [1.807, 2.05) is 6.92 Å². The van der Waals surface area contributed by atoms with Gasteiger partial charge in [-0.15, -0.1) is 11.3 Å². The Labute approximate surface area is 115 Å². The van der Waals surface area contributed by atoms with Crippen molar-refractivity contribution in [1.82, 2.24) is 19.7 Å². The summed E-state index contributed by atoms with van der Waals surface area (Å²) in [7, 11) is 3.47. The van der Waals surface area contributed by atoms with Crippen LogP contribution in [0, 0.1) is 13.8 Å². The van der Waals surface area contributed by atoms with Crippen molar-refractivity contribution < 1.29 is 4.79 Å². The van der Waals surface area contributed by atoms with Crippen LogP contribution in [0.1, 0.15) is 26.1 Å². The molecule has 2 aromatic heterocycles. The van der Waals surface area contributed by atoms with Crippen LogP contribution in [0.2, 0.25) is 0 Å². The lowest BCUT2D eigenvalue weighted by Crippen LogP contribution is -2.28. The van der Waals surface area contributed by atoms with E-state index in [2.05, 4.69) is 10.1 Å². The molecule has 1 amide bonds. The first-order valence-corrected chi connectivity index (χ1v) is 6.67. The van der Waals surface area contributed by atoms with Crippen LogP contribution >= 0.6 is 11.3 Å². The molecule has 2 rings (SSSR count). The van der Waals surface area contributed by atoms with Gasteiger partial charge in [-0.3, -0.25) is 9.48 Å². The first kappa shape index (κ1) is 13.5. The molecule has 6 nitrogen and oxygen atoms in total. The third-order valence-electron chi connectivity index (χ3n) is 2.88. The number of aromatic nitrogens is 3. The molecule has 0 spiro atoms. The van der Waals surface area contributed by atoms with Crippen LogP contribution in [0.25, 0.3) is 0 Å². The minimum Gasteiger partial charge on any atom is -0.395 e. The van der Waals surface area contributed by atoms with Crippen LogP contribution in [0.5, 0.6) is 0 Å². The molecule has 0 aliphatic carbocycles. The summed E-state index contributed by atoms with van der Waals surface area (Å²) in [6, 6.07) is 0.